The topological polar surface area (TPSA) is 76.4 Å². The van der Waals surface area contributed by atoms with E-state index in [1.807, 2.05) is 31.2 Å². The normalized spacial score (nSPS) is 9.88. The second-order valence-electron chi connectivity index (χ2n) is 4.98. The van der Waals surface area contributed by atoms with Gasteiger partial charge >= 0.3 is 0 Å². The second kappa shape index (κ2) is 10.5. The van der Waals surface area contributed by atoms with Crippen LogP contribution in [0.25, 0.3) is 0 Å². The van der Waals surface area contributed by atoms with Gasteiger partial charge in [0.15, 0.2) is 0 Å². The molecule has 2 aromatic carbocycles. The molecule has 0 spiro atoms. The number of nitro groups is 1. The van der Waals surface area contributed by atoms with Gasteiger partial charge in [-0.05, 0) is 36.8 Å². The quantitative estimate of drug-likeness (QED) is 0.410. The molecule has 2 rings (SSSR count). The Bertz CT molecular complexity index is 618. The zero-order chi connectivity index (χ0) is 16.5. The van der Waals surface area contributed by atoms with Crippen molar-refractivity contribution in [3.8, 4) is 5.75 Å². The van der Waals surface area contributed by atoms with Gasteiger partial charge in [-0.3, -0.25) is 10.1 Å². The van der Waals surface area contributed by atoms with Crippen molar-refractivity contribution >= 4 is 23.8 Å². The molecule has 0 saturated carbocycles. The third-order valence-corrected chi connectivity index (χ3v) is 3.27. The molecule has 0 aromatic heterocycles. The highest BCUT2D eigenvalue weighted by atomic mass is 35.5. The van der Waals surface area contributed by atoms with E-state index in [9.17, 15) is 10.1 Å². The Kier molecular flexibility index (Phi) is 8.60. The maximum Gasteiger partial charge on any atom is 0.269 e. The molecule has 130 valence electrons. The standard InChI is InChI=1S/C17H21N3O3.ClH/c1-2-23-17-9-3-14(4-10-17)13-18-11-12-19-15-5-7-16(8-6-15)20(21)22;/h3-10,18-19H,2,11-13H2,1H3;1H. The van der Waals surface area contributed by atoms with E-state index in [0.717, 1.165) is 31.1 Å². The van der Waals surface area contributed by atoms with Crippen LogP contribution in [-0.2, 0) is 6.54 Å². The zero-order valence-electron chi connectivity index (χ0n) is 13.5. The first-order valence-electron chi connectivity index (χ1n) is 7.60. The van der Waals surface area contributed by atoms with E-state index >= 15 is 0 Å². The van der Waals surface area contributed by atoms with Crippen LogP contribution < -0.4 is 15.4 Å². The van der Waals surface area contributed by atoms with Gasteiger partial charge in [0.25, 0.3) is 5.69 Å². The molecule has 2 aromatic rings. The summed E-state index contributed by atoms with van der Waals surface area (Å²) in [6.45, 7) is 4.96. The van der Waals surface area contributed by atoms with Gasteiger partial charge in [-0.15, -0.1) is 12.4 Å². The van der Waals surface area contributed by atoms with Gasteiger partial charge in [-0.2, -0.15) is 0 Å². The number of hydrogen-bond donors (Lipinski definition) is 2. The lowest BCUT2D eigenvalue weighted by Crippen LogP contribution is -2.21. The first-order valence-corrected chi connectivity index (χ1v) is 7.60. The van der Waals surface area contributed by atoms with E-state index in [1.54, 1.807) is 12.1 Å². The van der Waals surface area contributed by atoms with Gasteiger partial charge in [0.1, 0.15) is 5.75 Å². The number of halogens is 1. The lowest BCUT2D eigenvalue weighted by molar-refractivity contribution is -0.384. The van der Waals surface area contributed by atoms with Crippen molar-refractivity contribution < 1.29 is 9.66 Å². The van der Waals surface area contributed by atoms with Crippen LogP contribution in [0.5, 0.6) is 5.75 Å². The third kappa shape index (κ3) is 6.44. The molecule has 0 aliphatic heterocycles. The summed E-state index contributed by atoms with van der Waals surface area (Å²) >= 11 is 0. The molecule has 0 saturated heterocycles. The van der Waals surface area contributed by atoms with Gasteiger partial charge < -0.3 is 15.4 Å². The minimum Gasteiger partial charge on any atom is -0.494 e. The summed E-state index contributed by atoms with van der Waals surface area (Å²) < 4.78 is 5.40. The van der Waals surface area contributed by atoms with Crippen LogP contribution in [0.4, 0.5) is 11.4 Å². The largest absolute Gasteiger partial charge is 0.494 e. The molecule has 0 bridgehead atoms. The summed E-state index contributed by atoms with van der Waals surface area (Å²) in [5.41, 5.74) is 2.17. The molecule has 0 amide bonds. The molecular weight excluding hydrogens is 330 g/mol. The van der Waals surface area contributed by atoms with Crippen LogP contribution in [0.1, 0.15) is 12.5 Å². The Labute approximate surface area is 147 Å². The van der Waals surface area contributed by atoms with Crippen LogP contribution in [0, 0.1) is 10.1 Å². The number of nitrogens with one attached hydrogen (secondary N) is 2. The van der Waals surface area contributed by atoms with E-state index < -0.39 is 4.92 Å². The highest BCUT2D eigenvalue weighted by Gasteiger charge is 2.03. The highest BCUT2D eigenvalue weighted by molar-refractivity contribution is 5.85. The van der Waals surface area contributed by atoms with E-state index in [0.29, 0.717) is 6.61 Å². The zero-order valence-corrected chi connectivity index (χ0v) is 14.3. The van der Waals surface area contributed by atoms with Crippen molar-refractivity contribution in [1.82, 2.24) is 5.32 Å². The molecular formula is C17H22ClN3O3. The molecule has 0 unspecified atom stereocenters. The van der Waals surface area contributed by atoms with Crippen LogP contribution in [0.3, 0.4) is 0 Å². The number of non-ortho nitro benzene ring substituents is 1. The molecule has 7 heteroatoms. The summed E-state index contributed by atoms with van der Waals surface area (Å²) in [7, 11) is 0. The number of nitro benzene ring substituents is 1. The predicted molar refractivity (Wildman–Crippen MR) is 98.2 cm³/mol. The Balaban J connectivity index is 0.00000288. The fourth-order valence-corrected chi connectivity index (χ4v) is 2.10. The first-order chi connectivity index (χ1) is 11.2. The van der Waals surface area contributed by atoms with Gasteiger partial charge in [0.05, 0.1) is 11.5 Å². The maximum absolute atomic E-state index is 10.6. The number of benzene rings is 2. The molecule has 0 atom stereocenters. The fourth-order valence-electron chi connectivity index (χ4n) is 2.10. The monoisotopic (exact) mass is 351 g/mol. The summed E-state index contributed by atoms with van der Waals surface area (Å²) in [6, 6.07) is 14.4. The minimum absolute atomic E-state index is 0. The van der Waals surface area contributed by atoms with Crippen LogP contribution in [0.15, 0.2) is 48.5 Å². The Morgan fingerprint density at radius 1 is 1.04 bits per heavy atom. The van der Waals surface area contributed by atoms with Crippen molar-refractivity contribution in [2.45, 2.75) is 13.5 Å². The highest BCUT2D eigenvalue weighted by Crippen LogP contribution is 2.15. The molecule has 0 aliphatic carbocycles. The van der Waals surface area contributed by atoms with E-state index in [2.05, 4.69) is 10.6 Å². The van der Waals surface area contributed by atoms with Gasteiger partial charge in [0, 0.05) is 37.5 Å². The molecule has 0 radical (unpaired) electrons. The second-order valence-corrected chi connectivity index (χ2v) is 4.98. The molecule has 2 N–H and O–H groups in total. The lowest BCUT2D eigenvalue weighted by Gasteiger charge is -2.08. The number of anilines is 1. The SMILES string of the molecule is CCOc1ccc(CNCCNc2ccc([N+](=O)[O-])cc2)cc1.Cl. The van der Waals surface area contributed by atoms with Crippen molar-refractivity contribution in [2.75, 3.05) is 25.0 Å². The number of hydrogen-bond acceptors (Lipinski definition) is 5. The van der Waals surface area contributed by atoms with Crippen molar-refractivity contribution in [1.29, 1.82) is 0 Å². The van der Waals surface area contributed by atoms with E-state index in [1.165, 1.54) is 17.7 Å². The number of nitrogens with zero attached hydrogens (tertiary/aromatic N) is 1. The molecule has 6 nitrogen and oxygen atoms in total. The predicted octanol–water partition coefficient (Wildman–Crippen LogP) is 3.62. The lowest BCUT2D eigenvalue weighted by atomic mass is 10.2. The average Bonchev–Trinajstić information content (AvgIpc) is 2.57. The van der Waals surface area contributed by atoms with Gasteiger partial charge in [-0.25, -0.2) is 0 Å². The first kappa shape index (κ1) is 19.7. The summed E-state index contributed by atoms with van der Waals surface area (Å²) in [5.74, 6) is 0.885. The Morgan fingerprint density at radius 2 is 1.71 bits per heavy atom. The van der Waals surface area contributed by atoms with Crippen LogP contribution in [0.2, 0.25) is 0 Å². The molecule has 24 heavy (non-hydrogen) atoms. The van der Waals surface area contributed by atoms with Gasteiger partial charge in [-0.1, -0.05) is 12.1 Å². The molecule has 0 aliphatic rings. The van der Waals surface area contributed by atoms with Crippen LogP contribution in [-0.4, -0.2) is 24.6 Å². The fraction of sp³-hybridized carbons (Fsp3) is 0.294. The maximum atomic E-state index is 10.6. The van der Waals surface area contributed by atoms with E-state index in [4.69, 9.17) is 4.74 Å². The number of rotatable bonds is 9. The van der Waals surface area contributed by atoms with Crippen LogP contribution >= 0.6 is 12.4 Å². The summed E-state index contributed by atoms with van der Waals surface area (Å²) in [5, 5.41) is 17.1. The number of ether oxygens (including phenoxy) is 1. The summed E-state index contributed by atoms with van der Waals surface area (Å²) in [6.07, 6.45) is 0. The van der Waals surface area contributed by atoms with E-state index in [-0.39, 0.29) is 18.1 Å². The van der Waals surface area contributed by atoms with Crippen molar-refractivity contribution in [2.24, 2.45) is 0 Å². The molecule has 0 fully saturated rings. The smallest absolute Gasteiger partial charge is 0.269 e. The Morgan fingerprint density at radius 3 is 2.29 bits per heavy atom. The summed E-state index contributed by atoms with van der Waals surface area (Å²) in [4.78, 5) is 10.2. The molecule has 0 heterocycles. The average molecular weight is 352 g/mol. The minimum atomic E-state index is -0.401. The van der Waals surface area contributed by atoms with Crippen molar-refractivity contribution in [3.63, 3.8) is 0 Å². The van der Waals surface area contributed by atoms with Crippen molar-refractivity contribution in [3.05, 3.63) is 64.2 Å². The third-order valence-electron chi connectivity index (χ3n) is 3.27. The van der Waals surface area contributed by atoms with Gasteiger partial charge in [0.2, 0.25) is 0 Å². The Hall–Kier alpha value is -2.31.